The maximum absolute atomic E-state index is 13.2. The summed E-state index contributed by atoms with van der Waals surface area (Å²) < 4.78 is 12.1. The lowest BCUT2D eigenvalue weighted by Gasteiger charge is -2.53. The highest BCUT2D eigenvalue weighted by atomic mass is 16.6. The average Bonchev–Trinajstić information content (AvgIpc) is 3.39. The van der Waals surface area contributed by atoms with Gasteiger partial charge in [-0.3, -0.25) is 9.59 Å². The number of ketones is 1. The molecule has 2 fully saturated rings. The topological polar surface area (TPSA) is 130 Å². The molecular weight excluding hydrogens is 560 g/mol. The number of carbonyl (C=O) groups is 3. The smallest absolute Gasteiger partial charge is 0.331 e. The molecule has 0 aliphatic heterocycles. The Hall–Kier alpha value is -3.33. The Labute approximate surface area is 260 Å². The molecule has 4 aliphatic rings. The summed E-state index contributed by atoms with van der Waals surface area (Å²) in [5.41, 5.74) is -5.03. The van der Waals surface area contributed by atoms with Crippen LogP contribution in [-0.4, -0.2) is 62.6 Å². The van der Waals surface area contributed by atoms with Gasteiger partial charge in [-0.05, 0) is 24.5 Å². The van der Waals surface area contributed by atoms with Crippen molar-refractivity contribution in [1.29, 1.82) is 0 Å². The summed E-state index contributed by atoms with van der Waals surface area (Å²) in [6.07, 6.45) is 22.3. The number of aliphatic hydroxyl groups is 3. The molecule has 0 unspecified atom stereocenters. The van der Waals surface area contributed by atoms with E-state index in [2.05, 4.69) is 13.0 Å². The van der Waals surface area contributed by atoms with Gasteiger partial charge in [0.05, 0.1) is 12.2 Å². The van der Waals surface area contributed by atoms with Gasteiger partial charge in [-0.25, -0.2) is 4.79 Å². The SMILES string of the molecule is CCC/C=C/C=C/C=C/C=C/C=C/C(=O)O[C@@]12[C@H](OC(C)=O)[C@@H](C)[C@@]3(O)[C@@H](C=C(CO)C[C@]4(O)C(=O)C(C)=C[C@@H]34)[C@@H]1C2(C)C. The van der Waals surface area contributed by atoms with Crippen molar-refractivity contribution in [2.45, 2.75) is 83.7 Å². The Morgan fingerprint density at radius 2 is 1.64 bits per heavy atom. The number of hydrogen-bond acceptors (Lipinski definition) is 8. The number of rotatable bonds is 10. The minimum absolute atomic E-state index is 0.139. The molecule has 2 saturated carbocycles. The van der Waals surface area contributed by atoms with E-state index >= 15 is 0 Å². The van der Waals surface area contributed by atoms with Gasteiger partial charge in [0, 0.05) is 48.5 Å². The van der Waals surface area contributed by atoms with Gasteiger partial charge in [-0.1, -0.05) is 101 Å². The van der Waals surface area contributed by atoms with Gasteiger partial charge in [0.2, 0.25) is 0 Å². The van der Waals surface area contributed by atoms with Crippen LogP contribution in [0.5, 0.6) is 0 Å². The molecule has 0 radical (unpaired) electrons. The molecule has 0 saturated heterocycles. The number of fused-ring (bicyclic) bond motifs is 5. The summed E-state index contributed by atoms with van der Waals surface area (Å²) in [6.45, 7) is 10.1. The predicted octanol–water partition coefficient (Wildman–Crippen LogP) is 4.63. The minimum Gasteiger partial charge on any atom is -0.458 e. The van der Waals surface area contributed by atoms with Crippen LogP contribution in [0.25, 0.3) is 0 Å². The van der Waals surface area contributed by atoms with E-state index in [1.54, 1.807) is 44.2 Å². The van der Waals surface area contributed by atoms with Crippen molar-refractivity contribution >= 4 is 17.7 Å². The number of esters is 2. The predicted molar refractivity (Wildman–Crippen MR) is 167 cm³/mol. The van der Waals surface area contributed by atoms with Crippen LogP contribution in [0.3, 0.4) is 0 Å². The molecule has 0 spiro atoms. The summed E-state index contributed by atoms with van der Waals surface area (Å²) in [7, 11) is 0. The third-order valence-corrected chi connectivity index (χ3v) is 10.1. The van der Waals surface area contributed by atoms with Crippen LogP contribution in [0.2, 0.25) is 0 Å². The standard InChI is InChI=1S/C36H46O8/c1-7-8-9-10-11-12-13-14-15-16-17-18-29(39)44-36-30(33(36,5)6)27-20-26(22-37)21-34(41)28(19-23(2)31(34)40)35(27,42)24(3)32(36)43-25(4)38/h9-20,24,27-28,30,32,37,41-42H,7-8,21-22H2,1-6H3/b10-9+,12-11+,14-13+,16-15+,18-17+/t24-,27+,28-,30-,32-,34-,35-,36-/m1/s1. The molecule has 238 valence electrons. The number of carbonyl (C=O) groups excluding carboxylic acids is 3. The quantitative estimate of drug-likeness (QED) is 0.142. The van der Waals surface area contributed by atoms with Gasteiger partial charge >= 0.3 is 11.9 Å². The van der Waals surface area contributed by atoms with Crippen molar-refractivity contribution in [2.24, 2.45) is 29.1 Å². The van der Waals surface area contributed by atoms with Gasteiger partial charge in [-0.15, -0.1) is 0 Å². The second kappa shape index (κ2) is 12.6. The third kappa shape index (κ3) is 5.41. The normalized spacial score (nSPS) is 37.7. The first-order valence-electron chi connectivity index (χ1n) is 15.4. The molecule has 0 aromatic rings. The van der Waals surface area contributed by atoms with Crippen molar-refractivity contribution < 1.29 is 39.2 Å². The highest BCUT2D eigenvalue weighted by Crippen LogP contribution is 2.77. The molecule has 3 N–H and O–H groups in total. The van der Waals surface area contributed by atoms with E-state index in [-0.39, 0.29) is 6.42 Å². The first-order valence-corrected chi connectivity index (χ1v) is 15.4. The lowest BCUT2D eigenvalue weighted by Crippen LogP contribution is -2.66. The maximum atomic E-state index is 13.2. The Bertz CT molecular complexity index is 1380. The summed E-state index contributed by atoms with van der Waals surface area (Å²) in [5.74, 6) is -4.88. The summed E-state index contributed by atoms with van der Waals surface area (Å²) in [5, 5.41) is 34.6. The van der Waals surface area contributed by atoms with Crippen molar-refractivity contribution in [3.8, 4) is 0 Å². The monoisotopic (exact) mass is 606 g/mol. The Morgan fingerprint density at radius 1 is 1.02 bits per heavy atom. The van der Waals surface area contributed by atoms with Gasteiger partial charge in [0.1, 0.15) is 11.7 Å². The summed E-state index contributed by atoms with van der Waals surface area (Å²) >= 11 is 0. The Kier molecular flexibility index (Phi) is 9.60. The molecule has 0 bridgehead atoms. The molecule has 8 heteroatoms. The van der Waals surface area contributed by atoms with Crippen LogP contribution in [0.4, 0.5) is 0 Å². The highest BCUT2D eigenvalue weighted by Gasteiger charge is 2.87. The van der Waals surface area contributed by atoms with Crippen molar-refractivity contribution in [3.63, 3.8) is 0 Å². The molecular formula is C36H46O8. The van der Waals surface area contributed by atoms with E-state index in [0.717, 1.165) is 12.8 Å². The van der Waals surface area contributed by atoms with Gasteiger partial charge < -0.3 is 24.8 Å². The maximum Gasteiger partial charge on any atom is 0.331 e. The molecule has 0 amide bonds. The van der Waals surface area contributed by atoms with E-state index < -0.39 is 76.3 Å². The van der Waals surface area contributed by atoms with Crippen molar-refractivity contribution in [2.75, 3.05) is 6.61 Å². The van der Waals surface area contributed by atoms with Crippen molar-refractivity contribution in [1.82, 2.24) is 0 Å². The fraction of sp³-hybridized carbons (Fsp3) is 0.528. The van der Waals surface area contributed by atoms with Crippen LogP contribution in [-0.2, 0) is 23.9 Å². The zero-order chi connectivity index (χ0) is 32.5. The number of hydrogen-bond donors (Lipinski definition) is 3. The highest BCUT2D eigenvalue weighted by molar-refractivity contribution is 6.04. The van der Waals surface area contributed by atoms with Crippen LogP contribution >= 0.6 is 0 Å². The van der Waals surface area contributed by atoms with Gasteiger partial charge in [0.25, 0.3) is 0 Å². The largest absolute Gasteiger partial charge is 0.458 e. The van der Waals surface area contributed by atoms with E-state index in [1.807, 2.05) is 44.2 Å². The first-order chi connectivity index (χ1) is 20.7. The van der Waals surface area contributed by atoms with Crippen LogP contribution < -0.4 is 0 Å². The lowest BCUT2D eigenvalue weighted by molar-refractivity contribution is -0.226. The van der Waals surface area contributed by atoms with Crippen LogP contribution in [0.1, 0.15) is 60.8 Å². The number of aliphatic hydroxyl groups excluding tert-OH is 1. The fourth-order valence-corrected chi connectivity index (χ4v) is 8.06. The Balaban J connectivity index is 1.65. The third-order valence-electron chi connectivity index (χ3n) is 10.1. The van der Waals surface area contributed by atoms with Crippen molar-refractivity contribution in [3.05, 3.63) is 84.1 Å². The molecule has 0 aromatic heterocycles. The molecule has 8 atom stereocenters. The number of unbranched alkanes of at least 4 members (excludes halogenated alkanes) is 1. The first kappa shape index (κ1) is 33.6. The zero-order valence-electron chi connectivity index (χ0n) is 26.5. The summed E-state index contributed by atoms with van der Waals surface area (Å²) in [4.78, 5) is 38.9. The molecule has 44 heavy (non-hydrogen) atoms. The van der Waals surface area contributed by atoms with E-state index in [4.69, 9.17) is 9.47 Å². The minimum atomic E-state index is -1.96. The summed E-state index contributed by atoms with van der Waals surface area (Å²) in [6, 6.07) is 0. The second-order valence-corrected chi connectivity index (χ2v) is 13.1. The van der Waals surface area contributed by atoms with Crippen LogP contribution in [0.15, 0.2) is 84.1 Å². The zero-order valence-corrected chi connectivity index (χ0v) is 26.5. The molecule has 0 heterocycles. The van der Waals surface area contributed by atoms with E-state index in [9.17, 15) is 29.7 Å². The van der Waals surface area contributed by atoms with E-state index in [0.29, 0.717) is 11.1 Å². The average molecular weight is 607 g/mol. The number of allylic oxidation sites excluding steroid dienone is 9. The van der Waals surface area contributed by atoms with Gasteiger partial charge in [-0.2, -0.15) is 0 Å². The second-order valence-electron chi connectivity index (χ2n) is 13.1. The molecule has 4 rings (SSSR count). The van der Waals surface area contributed by atoms with Gasteiger partial charge in [0.15, 0.2) is 11.4 Å². The Morgan fingerprint density at radius 3 is 2.23 bits per heavy atom. The lowest BCUT2D eigenvalue weighted by atomic mass is 9.59. The van der Waals surface area contributed by atoms with Crippen LogP contribution in [0, 0.1) is 29.1 Å². The van der Waals surface area contributed by atoms with E-state index in [1.165, 1.54) is 13.0 Å². The molecule has 8 nitrogen and oxygen atoms in total. The number of ether oxygens (including phenoxy) is 2. The number of Topliss-reactive ketones (excluding diaryl/α,β-unsaturated/α-hetero) is 1. The fourth-order valence-electron chi connectivity index (χ4n) is 8.06. The molecule has 0 aromatic carbocycles. The molecule has 4 aliphatic carbocycles.